The summed E-state index contributed by atoms with van der Waals surface area (Å²) in [6.45, 7) is 5.86. The Morgan fingerprint density at radius 2 is 1.44 bits per heavy atom. The van der Waals surface area contributed by atoms with E-state index >= 15 is 0 Å². The van der Waals surface area contributed by atoms with Gasteiger partial charge in [-0.1, -0.05) is 42.5 Å². The number of para-hydroxylation sites is 4. The summed E-state index contributed by atoms with van der Waals surface area (Å²) >= 11 is 0. The zero-order valence-electron chi connectivity index (χ0n) is 19.8. The van der Waals surface area contributed by atoms with Crippen LogP contribution < -0.4 is 15.2 Å². The Bertz CT molecular complexity index is 1290. The molecule has 5 rings (SSSR count). The summed E-state index contributed by atoms with van der Waals surface area (Å²) in [4.78, 5) is 18.1. The predicted octanol–water partition coefficient (Wildman–Crippen LogP) is 4.40. The van der Waals surface area contributed by atoms with E-state index in [1.807, 2.05) is 59.3 Å². The van der Waals surface area contributed by atoms with Gasteiger partial charge in [-0.2, -0.15) is 0 Å². The van der Waals surface area contributed by atoms with Crippen LogP contribution in [0.2, 0.25) is 0 Å². The maximum Gasteiger partial charge on any atom is 0.274 e. The number of benzene rings is 3. The minimum atomic E-state index is 0.0878. The van der Waals surface area contributed by atoms with Crippen molar-refractivity contribution in [2.75, 3.05) is 44.7 Å². The number of rotatable bonds is 8. The lowest BCUT2D eigenvalue weighted by Crippen LogP contribution is -2.46. The number of hydrogen-bond acceptors (Lipinski definition) is 4. The van der Waals surface area contributed by atoms with E-state index in [1.165, 1.54) is 5.69 Å². The lowest BCUT2D eigenvalue weighted by atomic mass is 10.2. The second-order valence-electron chi connectivity index (χ2n) is 8.80. The van der Waals surface area contributed by atoms with Gasteiger partial charge >= 0.3 is 0 Å². The van der Waals surface area contributed by atoms with Gasteiger partial charge < -0.3 is 9.64 Å². The van der Waals surface area contributed by atoms with Gasteiger partial charge in [-0.15, -0.1) is 0 Å². The molecular formula is C28H32N4O2. The molecule has 6 nitrogen and oxygen atoms in total. The largest absolute Gasteiger partial charge is 0.495 e. The van der Waals surface area contributed by atoms with E-state index < -0.39 is 0 Å². The highest BCUT2D eigenvalue weighted by molar-refractivity contribution is 5.80. The second kappa shape index (κ2) is 10.2. The lowest BCUT2D eigenvalue weighted by molar-refractivity contribution is 0.249. The molecule has 0 radical (unpaired) electrons. The Kier molecular flexibility index (Phi) is 6.67. The van der Waals surface area contributed by atoms with E-state index in [9.17, 15) is 4.79 Å². The summed E-state index contributed by atoms with van der Waals surface area (Å²) in [5, 5.41) is 0.777. The quantitative estimate of drug-likeness (QED) is 0.369. The first-order valence-corrected chi connectivity index (χ1v) is 12.1. The third-order valence-electron chi connectivity index (χ3n) is 6.73. The van der Waals surface area contributed by atoms with E-state index in [2.05, 4.69) is 38.7 Å². The molecule has 0 unspecified atom stereocenters. The van der Waals surface area contributed by atoms with Crippen molar-refractivity contribution in [3.63, 3.8) is 0 Å². The summed E-state index contributed by atoms with van der Waals surface area (Å²) in [5.74, 6) is 0.940. The molecule has 0 bridgehead atoms. The number of hydrogen-bond donors (Lipinski definition) is 0. The highest BCUT2D eigenvalue weighted by atomic mass is 16.5. The average Bonchev–Trinajstić information content (AvgIpc) is 3.19. The third kappa shape index (κ3) is 4.46. The lowest BCUT2D eigenvalue weighted by Gasteiger charge is -2.36. The Balaban J connectivity index is 1.20. The zero-order chi connectivity index (χ0) is 23.3. The van der Waals surface area contributed by atoms with Gasteiger partial charge in [0.2, 0.25) is 0 Å². The number of anilines is 1. The predicted molar refractivity (Wildman–Crippen MR) is 138 cm³/mol. The van der Waals surface area contributed by atoms with Gasteiger partial charge in [0.05, 0.1) is 29.4 Å². The van der Waals surface area contributed by atoms with E-state index in [0.29, 0.717) is 6.54 Å². The second-order valence-corrected chi connectivity index (χ2v) is 8.80. The molecule has 4 aromatic rings. The Labute approximate surface area is 200 Å². The molecule has 1 aromatic heterocycles. The van der Waals surface area contributed by atoms with Gasteiger partial charge in [0.15, 0.2) is 0 Å². The molecule has 176 valence electrons. The van der Waals surface area contributed by atoms with Crippen LogP contribution in [0, 0.1) is 0 Å². The molecule has 1 aliphatic rings. The maximum atomic E-state index is 13.2. The van der Waals surface area contributed by atoms with Crippen LogP contribution in [-0.2, 0) is 6.54 Å². The number of methoxy groups -OCH3 is 1. The summed E-state index contributed by atoms with van der Waals surface area (Å²) < 4.78 is 9.51. The molecule has 0 atom stereocenters. The fourth-order valence-corrected chi connectivity index (χ4v) is 4.95. The monoisotopic (exact) mass is 456 g/mol. The molecule has 0 spiro atoms. The first-order valence-electron chi connectivity index (χ1n) is 12.1. The van der Waals surface area contributed by atoms with Gasteiger partial charge in [-0.05, 0) is 55.8 Å². The molecule has 1 fully saturated rings. The fraction of sp³-hybridized carbons (Fsp3) is 0.321. The number of ether oxygens (including phenoxy) is 1. The van der Waals surface area contributed by atoms with Gasteiger partial charge in [0, 0.05) is 32.7 Å². The Hall–Kier alpha value is -3.51. The molecule has 1 saturated heterocycles. The van der Waals surface area contributed by atoms with E-state index in [0.717, 1.165) is 67.9 Å². The third-order valence-corrected chi connectivity index (χ3v) is 6.73. The minimum absolute atomic E-state index is 0.0878. The zero-order valence-corrected chi connectivity index (χ0v) is 19.8. The van der Waals surface area contributed by atoms with Crippen LogP contribution in [0.3, 0.4) is 0 Å². The van der Waals surface area contributed by atoms with Gasteiger partial charge in [0.25, 0.3) is 5.56 Å². The standard InChI is InChI=1S/C28H32N4O2/c1-34-27-16-8-7-15-26(27)30-21-19-29(20-22-30)17-9-10-18-31-28(33)24-13-5-6-14-25(24)32(31)23-11-3-2-4-12-23/h2-8,11-16H,9-10,17-22H2,1H3. The molecule has 34 heavy (non-hydrogen) atoms. The van der Waals surface area contributed by atoms with Crippen molar-refractivity contribution >= 4 is 16.6 Å². The van der Waals surface area contributed by atoms with Crippen molar-refractivity contribution in [3.8, 4) is 11.4 Å². The van der Waals surface area contributed by atoms with Gasteiger partial charge in [-0.25, -0.2) is 4.68 Å². The number of aromatic nitrogens is 2. The number of fused-ring (bicyclic) bond motifs is 1. The number of nitrogens with zero attached hydrogens (tertiary/aromatic N) is 4. The molecular weight excluding hydrogens is 424 g/mol. The Morgan fingerprint density at radius 1 is 0.765 bits per heavy atom. The molecule has 6 heteroatoms. The molecule has 2 heterocycles. The van der Waals surface area contributed by atoms with Crippen LogP contribution in [0.4, 0.5) is 5.69 Å². The highest BCUT2D eigenvalue weighted by Crippen LogP contribution is 2.28. The van der Waals surface area contributed by atoms with Crippen molar-refractivity contribution in [2.24, 2.45) is 0 Å². The Morgan fingerprint density at radius 3 is 2.24 bits per heavy atom. The van der Waals surface area contributed by atoms with Crippen LogP contribution in [0.1, 0.15) is 12.8 Å². The van der Waals surface area contributed by atoms with Crippen LogP contribution in [0.25, 0.3) is 16.6 Å². The summed E-state index contributed by atoms with van der Waals surface area (Å²) in [6, 6.07) is 26.3. The summed E-state index contributed by atoms with van der Waals surface area (Å²) in [7, 11) is 1.73. The molecule has 1 aliphatic heterocycles. The molecule has 0 amide bonds. The SMILES string of the molecule is COc1ccccc1N1CCN(CCCCn2c(=O)c3ccccc3n2-c2ccccc2)CC1. The average molecular weight is 457 g/mol. The van der Waals surface area contributed by atoms with Crippen molar-refractivity contribution in [1.29, 1.82) is 0 Å². The van der Waals surface area contributed by atoms with Crippen LogP contribution in [-0.4, -0.2) is 54.1 Å². The van der Waals surface area contributed by atoms with Crippen molar-refractivity contribution in [3.05, 3.63) is 89.2 Å². The molecule has 3 aromatic carbocycles. The first kappa shape index (κ1) is 22.3. The maximum absolute atomic E-state index is 13.2. The smallest absolute Gasteiger partial charge is 0.274 e. The van der Waals surface area contributed by atoms with Crippen molar-refractivity contribution in [1.82, 2.24) is 14.3 Å². The molecule has 0 N–H and O–H groups in total. The number of unbranched alkanes of at least 4 members (excludes halogenated alkanes) is 1. The van der Waals surface area contributed by atoms with Crippen LogP contribution >= 0.6 is 0 Å². The first-order chi connectivity index (χ1) is 16.8. The van der Waals surface area contributed by atoms with E-state index in [-0.39, 0.29) is 5.56 Å². The fourth-order valence-electron chi connectivity index (χ4n) is 4.95. The topological polar surface area (TPSA) is 42.6 Å². The highest BCUT2D eigenvalue weighted by Gasteiger charge is 2.19. The number of piperazine rings is 1. The van der Waals surface area contributed by atoms with E-state index in [1.54, 1.807) is 7.11 Å². The minimum Gasteiger partial charge on any atom is -0.495 e. The van der Waals surface area contributed by atoms with Gasteiger partial charge in [0.1, 0.15) is 5.75 Å². The van der Waals surface area contributed by atoms with Crippen molar-refractivity contribution in [2.45, 2.75) is 19.4 Å². The van der Waals surface area contributed by atoms with Gasteiger partial charge in [-0.3, -0.25) is 14.4 Å². The summed E-state index contributed by atoms with van der Waals surface area (Å²) in [5.41, 5.74) is 3.25. The molecule has 0 saturated carbocycles. The summed E-state index contributed by atoms with van der Waals surface area (Å²) in [6.07, 6.45) is 2.03. The van der Waals surface area contributed by atoms with Crippen LogP contribution in [0.5, 0.6) is 5.75 Å². The van der Waals surface area contributed by atoms with Crippen molar-refractivity contribution < 1.29 is 4.74 Å². The molecule has 0 aliphatic carbocycles. The van der Waals surface area contributed by atoms with E-state index in [4.69, 9.17) is 4.74 Å². The normalized spacial score (nSPS) is 14.6. The van der Waals surface area contributed by atoms with Crippen LogP contribution in [0.15, 0.2) is 83.7 Å².